The van der Waals surface area contributed by atoms with Gasteiger partial charge in [-0.1, -0.05) is 17.7 Å². The van der Waals surface area contributed by atoms with Crippen molar-refractivity contribution < 1.29 is 14.3 Å². The van der Waals surface area contributed by atoms with E-state index in [4.69, 9.17) is 21.1 Å². The van der Waals surface area contributed by atoms with Gasteiger partial charge in [-0.2, -0.15) is 0 Å². The summed E-state index contributed by atoms with van der Waals surface area (Å²) < 4.78 is 11.0. The van der Waals surface area contributed by atoms with Crippen LogP contribution in [0.25, 0.3) is 0 Å². The van der Waals surface area contributed by atoms with Crippen LogP contribution in [0.3, 0.4) is 0 Å². The van der Waals surface area contributed by atoms with Crippen molar-refractivity contribution in [2.24, 2.45) is 5.92 Å². The summed E-state index contributed by atoms with van der Waals surface area (Å²) in [6.07, 6.45) is 0. The number of hydrogen-bond donors (Lipinski definition) is 0. The number of hydrogen-bond acceptors (Lipinski definition) is 5. The Bertz CT molecular complexity index is 877. The van der Waals surface area contributed by atoms with Crippen LogP contribution in [-0.2, 0) is 9.53 Å². The molecule has 0 spiro atoms. The zero-order valence-electron chi connectivity index (χ0n) is 15.7. The molecule has 2 aliphatic rings. The van der Waals surface area contributed by atoms with Crippen molar-refractivity contribution in [3.05, 3.63) is 47.5 Å². The number of halogens is 1. The van der Waals surface area contributed by atoms with E-state index in [-0.39, 0.29) is 17.5 Å². The highest BCUT2D eigenvalue weighted by molar-refractivity contribution is 6.30. The zero-order valence-corrected chi connectivity index (χ0v) is 16.5. The number of anilines is 3. The third kappa shape index (κ3) is 3.44. The first-order chi connectivity index (χ1) is 12.9. The first-order valence-electron chi connectivity index (χ1n) is 9.05. The van der Waals surface area contributed by atoms with Crippen molar-refractivity contribution in [3.8, 4) is 5.75 Å². The Balaban J connectivity index is 1.62. The standard InChI is InChI=1S/C21H23ClN2O3/c1-21(2)13-24(18-8-7-15(22)9-19(18)27-21)17-6-4-5-16(10-17)23-11-14(12-23)20(25)26-3/h4-10,14H,11-13H2,1-3H3. The first kappa shape index (κ1) is 18.0. The quantitative estimate of drug-likeness (QED) is 0.737. The first-order valence-corrected chi connectivity index (χ1v) is 9.43. The molecule has 0 saturated carbocycles. The number of benzene rings is 2. The van der Waals surface area contributed by atoms with Gasteiger partial charge in [0, 0.05) is 35.6 Å². The van der Waals surface area contributed by atoms with Crippen LogP contribution >= 0.6 is 11.6 Å². The number of methoxy groups -OCH3 is 1. The second kappa shape index (κ2) is 6.64. The van der Waals surface area contributed by atoms with Crippen LogP contribution in [0.4, 0.5) is 17.1 Å². The number of carbonyl (C=O) groups excluding carboxylic acids is 1. The lowest BCUT2D eigenvalue weighted by molar-refractivity contribution is -0.146. The molecule has 1 fully saturated rings. The molecule has 0 radical (unpaired) electrons. The lowest BCUT2D eigenvalue weighted by atomic mass is 9.99. The molecule has 27 heavy (non-hydrogen) atoms. The molecule has 2 heterocycles. The zero-order chi connectivity index (χ0) is 19.2. The number of rotatable bonds is 3. The SMILES string of the molecule is COC(=O)C1CN(c2cccc(N3CC(C)(C)Oc4cc(Cl)ccc43)c2)C1. The lowest BCUT2D eigenvalue weighted by Crippen LogP contribution is -2.51. The van der Waals surface area contributed by atoms with Crippen molar-refractivity contribution in [1.29, 1.82) is 0 Å². The maximum Gasteiger partial charge on any atom is 0.312 e. The van der Waals surface area contributed by atoms with E-state index >= 15 is 0 Å². The average Bonchev–Trinajstić information content (AvgIpc) is 2.58. The van der Waals surface area contributed by atoms with Gasteiger partial charge in [-0.15, -0.1) is 0 Å². The van der Waals surface area contributed by atoms with E-state index in [1.807, 2.05) is 24.3 Å². The van der Waals surface area contributed by atoms with Gasteiger partial charge < -0.3 is 19.3 Å². The Morgan fingerprint density at radius 3 is 2.67 bits per heavy atom. The van der Waals surface area contributed by atoms with E-state index in [9.17, 15) is 4.79 Å². The maximum atomic E-state index is 11.6. The fraction of sp³-hybridized carbons (Fsp3) is 0.381. The Morgan fingerprint density at radius 1 is 1.19 bits per heavy atom. The normalized spacial score (nSPS) is 18.4. The summed E-state index contributed by atoms with van der Waals surface area (Å²) in [5, 5.41) is 0.662. The minimum absolute atomic E-state index is 0.0381. The van der Waals surface area contributed by atoms with Crippen LogP contribution in [0, 0.1) is 5.92 Å². The van der Waals surface area contributed by atoms with Crippen LogP contribution in [0.2, 0.25) is 5.02 Å². The molecule has 0 bridgehead atoms. The fourth-order valence-corrected chi connectivity index (χ4v) is 3.84. The molecule has 0 aliphatic carbocycles. The monoisotopic (exact) mass is 386 g/mol. The molecule has 2 aromatic carbocycles. The lowest BCUT2D eigenvalue weighted by Gasteiger charge is -2.42. The summed E-state index contributed by atoms with van der Waals surface area (Å²) in [7, 11) is 1.44. The summed E-state index contributed by atoms with van der Waals surface area (Å²) in [4.78, 5) is 16.1. The van der Waals surface area contributed by atoms with Gasteiger partial charge in [0.2, 0.25) is 0 Å². The van der Waals surface area contributed by atoms with Crippen LogP contribution in [0.1, 0.15) is 13.8 Å². The van der Waals surface area contributed by atoms with E-state index < -0.39 is 0 Å². The van der Waals surface area contributed by atoms with Gasteiger partial charge >= 0.3 is 5.97 Å². The van der Waals surface area contributed by atoms with E-state index in [0.29, 0.717) is 18.1 Å². The largest absolute Gasteiger partial charge is 0.484 e. The van der Waals surface area contributed by atoms with E-state index in [1.165, 1.54) is 7.11 Å². The second-order valence-electron chi connectivity index (χ2n) is 7.70. The molecule has 0 amide bonds. The van der Waals surface area contributed by atoms with Crippen LogP contribution < -0.4 is 14.5 Å². The molecule has 0 atom stereocenters. The molecule has 0 aromatic heterocycles. The summed E-state index contributed by atoms with van der Waals surface area (Å²) in [5.41, 5.74) is 2.87. The predicted octanol–water partition coefficient (Wildman–Crippen LogP) is 4.26. The number of ether oxygens (including phenoxy) is 2. The molecule has 1 saturated heterocycles. The number of nitrogens with zero attached hydrogens (tertiary/aromatic N) is 2. The molecule has 2 aliphatic heterocycles. The molecule has 0 unspecified atom stereocenters. The number of carbonyl (C=O) groups is 1. The van der Waals surface area contributed by atoms with Gasteiger partial charge in [0.25, 0.3) is 0 Å². The fourth-order valence-electron chi connectivity index (χ4n) is 3.68. The van der Waals surface area contributed by atoms with Crippen molar-refractivity contribution in [2.75, 3.05) is 36.5 Å². The Hall–Kier alpha value is -2.40. The highest BCUT2D eigenvalue weighted by Crippen LogP contribution is 2.43. The summed E-state index contributed by atoms with van der Waals surface area (Å²) >= 11 is 6.16. The van der Waals surface area contributed by atoms with Crippen molar-refractivity contribution in [1.82, 2.24) is 0 Å². The highest BCUT2D eigenvalue weighted by atomic mass is 35.5. The van der Waals surface area contributed by atoms with Crippen molar-refractivity contribution in [3.63, 3.8) is 0 Å². The van der Waals surface area contributed by atoms with Crippen LogP contribution in [0.15, 0.2) is 42.5 Å². The molecule has 6 heteroatoms. The van der Waals surface area contributed by atoms with E-state index in [0.717, 1.165) is 29.4 Å². The van der Waals surface area contributed by atoms with Gasteiger partial charge in [-0.25, -0.2) is 0 Å². The third-order valence-corrected chi connectivity index (χ3v) is 5.30. The minimum Gasteiger partial charge on any atom is -0.484 e. The topological polar surface area (TPSA) is 42.0 Å². The maximum absolute atomic E-state index is 11.6. The molecule has 5 nitrogen and oxygen atoms in total. The molecule has 142 valence electrons. The van der Waals surface area contributed by atoms with Crippen molar-refractivity contribution >= 4 is 34.6 Å². The average molecular weight is 387 g/mol. The number of esters is 1. The summed E-state index contributed by atoms with van der Waals surface area (Å²) in [5.74, 6) is 0.617. The molecular weight excluding hydrogens is 364 g/mol. The molecular formula is C21H23ClN2O3. The van der Waals surface area contributed by atoms with Crippen molar-refractivity contribution in [2.45, 2.75) is 19.4 Å². The van der Waals surface area contributed by atoms with Gasteiger partial charge in [0.05, 0.1) is 25.3 Å². The summed E-state index contributed by atoms with van der Waals surface area (Å²) in [6.45, 7) is 6.26. The smallest absolute Gasteiger partial charge is 0.312 e. The Labute approximate surface area is 164 Å². The highest BCUT2D eigenvalue weighted by Gasteiger charge is 2.35. The Kier molecular flexibility index (Phi) is 4.42. The van der Waals surface area contributed by atoms with Crippen LogP contribution in [-0.4, -0.2) is 38.3 Å². The Morgan fingerprint density at radius 2 is 1.93 bits per heavy atom. The molecule has 4 rings (SSSR count). The third-order valence-electron chi connectivity index (χ3n) is 5.06. The number of fused-ring (bicyclic) bond motifs is 1. The minimum atomic E-state index is -0.333. The predicted molar refractivity (Wildman–Crippen MR) is 107 cm³/mol. The van der Waals surface area contributed by atoms with Gasteiger partial charge in [-0.05, 0) is 44.2 Å². The van der Waals surface area contributed by atoms with Gasteiger partial charge in [0.1, 0.15) is 11.4 Å². The summed E-state index contributed by atoms with van der Waals surface area (Å²) in [6, 6.07) is 14.1. The van der Waals surface area contributed by atoms with Gasteiger partial charge in [0.15, 0.2) is 0 Å². The van der Waals surface area contributed by atoms with Gasteiger partial charge in [-0.3, -0.25) is 4.79 Å². The molecule has 2 aromatic rings. The van der Waals surface area contributed by atoms with Crippen LogP contribution in [0.5, 0.6) is 5.75 Å². The van der Waals surface area contributed by atoms with E-state index in [2.05, 4.69) is 41.8 Å². The second-order valence-corrected chi connectivity index (χ2v) is 8.14. The van der Waals surface area contributed by atoms with E-state index in [1.54, 1.807) is 0 Å². The molecule has 0 N–H and O–H groups in total.